The first-order valence-corrected chi connectivity index (χ1v) is 20.0. The third-order valence-corrected chi connectivity index (χ3v) is 7.96. The smallest absolute Gasteiger partial charge is 0.462 e. The number of esters is 2. The molecule has 282 valence electrons. The molecule has 0 rings (SSSR count). The summed E-state index contributed by atoms with van der Waals surface area (Å²) in [6.45, 7) is 5.08. The van der Waals surface area contributed by atoms with E-state index >= 15 is 0 Å². The molecule has 9 heteroatoms. The van der Waals surface area contributed by atoms with Crippen LogP contribution in [0.2, 0.25) is 0 Å². The van der Waals surface area contributed by atoms with Crippen LogP contribution in [0.3, 0.4) is 0 Å². The Labute approximate surface area is 303 Å². The summed E-state index contributed by atoms with van der Waals surface area (Å²) in [5.74, 6) is -0.934. The number of hydrogen-bond donors (Lipinski definition) is 1. The van der Waals surface area contributed by atoms with Gasteiger partial charge in [0.25, 0.3) is 0 Å². The molecule has 2 atom stereocenters. The molecule has 1 N–H and O–H groups in total. The molecule has 0 bridgehead atoms. The molecule has 0 fully saturated rings. The van der Waals surface area contributed by atoms with Gasteiger partial charge in [-0.3, -0.25) is 18.6 Å². The molecule has 0 aromatic rings. The van der Waals surface area contributed by atoms with E-state index in [9.17, 15) is 19.0 Å². The Balaban J connectivity index is 4.34. The van der Waals surface area contributed by atoms with Gasteiger partial charge < -0.3 is 14.4 Å². The molecule has 8 nitrogen and oxygen atoms in total. The molecule has 0 amide bonds. The highest BCUT2D eigenvalue weighted by molar-refractivity contribution is 7.47. The first kappa shape index (κ1) is 47.0. The van der Waals surface area contributed by atoms with Gasteiger partial charge in [-0.1, -0.05) is 124 Å². The van der Waals surface area contributed by atoms with Crippen LogP contribution in [0.15, 0.2) is 97.2 Å². The number of unbranched alkanes of at least 4 members (excludes halogenated alkanes) is 4. The zero-order valence-electron chi connectivity index (χ0n) is 31.0. The van der Waals surface area contributed by atoms with E-state index in [0.29, 0.717) is 12.8 Å². The molecule has 0 aromatic heterocycles. The minimum absolute atomic E-state index is 0.0210. The van der Waals surface area contributed by atoms with E-state index in [1.165, 1.54) is 0 Å². The van der Waals surface area contributed by atoms with Gasteiger partial charge in [-0.15, -0.1) is 0 Å². The molecule has 0 aromatic carbocycles. The Morgan fingerprint density at radius 2 is 1.00 bits per heavy atom. The topological polar surface area (TPSA) is 108 Å². The number of phosphoric acid groups is 1. The van der Waals surface area contributed by atoms with E-state index in [2.05, 4.69) is 98.9 Å². The van der Waals surface area contributed by atoms with Crippen LogP contribution < -0.4 is 0 Å². The fraction of sp³-hybridized carbons (Fsp3) is 0.561. The average Bonchev–Trinajstić information content (AvgIpc) is 3.09. The van der Waals surface area contributed by atoms with Crippen molar-refractivity contribution in [3.63, 3.8) is 0 Å². The van der Waals surface area contributed by atoms with Gasteiger partial charge >= 0.3 is 19.8 Å². The summed E-state index contributed by atoms with van der Waals surface area (Å²) in [6, 6.07) is 0. The lowest BCUT2D eigenvalue weighted by atomic mass is 10.1. The molecular formula is C41H65O8P. The van der Waals surface area contributed by atoms with E-state index in [1.54, 1.807) is 6.92 Å². The van der Waals surface area contributed by atoms with Crippen molar-refractivity contribution in [2.45, 2.75) is 130 Å². The van der Waals surface area contributed by atoms with E-state index in [4.69, 9.17) is 18.5 Å². The highest BCUT2D eigenvalue weighted by Crippen LogP contribution is 2.43. The summed E-state index contributed by atoms with van der Waals surface area (Å²) < 4.78 is 32.4. The van der Waals surface area contributed by atoms with Crippen LogP contribution in [0.1, 0.15) is 124 Å². The fourth-order valence-electron chi connectivity index (χ4n) is 4.28. The average molecular weight is 717 g/mol. The second-order valence-corrected chi connectivity index (χ2v) is 12.9. The van der Waals surface area contributed by atoms with Crippen molar-refractivity contribution in [1.29, 1.82) is 0 Å². The van der Waals surface area contributed by atoms with Gasteiger partial charge in [0.15, 0.2) is 6.10 Å². The van der Waals surface area contributed by atoms with Crippen LogP contribution in [-0.4, -0.2) is 42.8 Å². The van der Waals surface area contributed by atoms with Crippen LogP contribution in [0.4, 0.5) is 0 Å². The maximum Gasteiger partial charge on any atom is 0.472 e. The Kier molecular flexibility index (Phi) is 33.6. The Hall–Kier alpha value is -3.03. The number of allylic oxidation sites excluding steroid dienone is 16. The quantitative estimate of drug-likeness (QED) is 0.0317. The molecule has 0 saturated carbocycles. The summed E-state index contributed by atoms with van der Waals surface area (Å²) in [7, 11) is -4.30. The molecule has 0 spiro atoms. The van der Waals surface area contributed by atoms with Gasteiger partial charge in [0.05, 0.1) is 13.2 Å². The van der Waals surface area contributed by atoms with Crippen molar-refractivity contribution in [3.8, 4) is 0 Å². The maximum atomic E-state index is 12.5. The van der Waals surface area contributed by atoms with E-state index in [-0.39, 0.29) is 26.1 Å². The molecule has 0 saturated heterocycles. The van der Waals surface area contributed by atoms with Crippen LogP contribution in [-0.2, 0) is 32.7 Å². The highest BCUT2D eigenvalue weighted by Gasteiger charge is 2.25. The SMILES string of the molecule is CC/C=C\C/C=C\C/C=C\C/C=C\CCCCCCC(=O)OC(COC(=O)CC/C=C\C/C=C\C/C=C\C/C=C\CC)COP(=O)(O)OCC. The van der Waals surface area contributed by atoms with Crippen molar-refractivity contribution in [2.24, 2.45) is 0 Å². The molecule has 0 aliphatic heterocycles. The minimum Gasteiger partial charge on any atom is -0.462 e. The zero-order chi connectivity index (χ0) is 36.8. The van der Waals surface area contributed by atoms with Gasteiger partial charge in [-0.25, -0.2) is 4.57 Å². The standard InChI is InChI=1S/C41H65O8P/c1-4-7-9-11-13-15-17-19-20-21-22-24-26-28-30-32-34-36-41(43)49-39(38-48-50(44,45)47-6-3)37-46-40(42)35-33-31-29-27-25-23-18-16-14-12-10-8-5-2/h7-10,13-16,19-20,22-25,29,31,39H,4-6,11-12,17-18,21,26-28,30,32-38H2,1-3H3,(H,44,45)/b9-7-,10-8-,15-13-,16-14-,20-19-,24-22-,25-23-,31-29-. The lowest BCUT2D eigenvalue weighted by molar-refractivity contribution is -0.161. The first-order valence-electron chi connectivity index (χ1n) is 18.5. The monoisotopic (exact) mass is 716 g/mol. The second kappa shape index (κ2) is 35.8. The van der Waals surface area contributed by atoms with Gasteiger partial charge in [-0.05, 0) is 84.0 Å². The van der Waals surface area contributed by atoms with Gasteiger partial charge in [0.2, 0.25) is 0 Å². The van der Waals surface area contributed by atoms with Gasteiger partial charge in [0.1, 0.15) is 6.61 Å². The molecule has 0 heterocycles. The summed E-state index contributed by atoms with van der Waals surface area (Å²) in [6.07, 6.45) is 46.2. The van der Waals surface area contributed by atoms with Crippen molar-refractivity contribution in [1.82, 2.24) is 0 Å². The summed E-state index contributed by atoms with van der Waals surface area (Å²) in [4.78, 5) is 34.5. The Morgan fingerprint density at radius 1 is 0.540 bits per heavy atom. The van der Waals surface area contributed by atoms with Gasteiger partial charge in [0, 0.05) is 12.8 Å². The van der Waals surface area contributed by atoms with E-state index in [1.807, 2.05) is 12.2 Å². The van der Waals surface area contributed by atoms with Crippen molar-refractivity contribution in [3.05, 3.63) is 97.2 Å². The molecule has 2 unspecified atom stereocenters. The van der Waals surface area contributed by atoms with Crippen LogP contribution in [0.5, 0.6) is 0 Å². The van der Waals surface area contributed by atoms with Crippen LogP contribution in [0.25, 0.3) is 0 Å². The van der Waals surface area contributed by atoms with Crippen molar-refractivity contribution in [2.75, 3.05) is 19.8 Å². The second-order valence-electron chi connectivity index (χ2n) is 11.5. The number of rotatable bonds is 32. The Bertz CT molecular complexity index is 1130. The normalized spacial score (nSPS) is 14.6. The third kappa shape index (κ3) is 34.8. The first-order chi connectivity index (χ1) is 24.3. The van der Waals surface area contributed by atoms with Crippen LogP contribution >= 0.6 is 7.82 Å². The predicted molar refractivity (Wildman–Crippen MR) is 207 cm³/mol. The molecule has 0 aliphatic rings. The summed E-state index contributed by atoms with van der Waals surface area (Å²) in [5, 5.41) is 0. The maximum absolute atomic E-state index is 12.5. The molecule has 0 aliphatic carbocycles. The van der Waals surface area contributed by atoms with E-state index in [0.717, 1.165) is 77.0 Å². The molecule has 50 heavy (non-hydrogen) atoms. The third-order valence-electron chi connectivity index (χ3n) is 6.90. The fourth-order valence-corrected chi connectivity index (χ4v) is 5.03. The summed E-state index contributed by atoms with van der Waals surface area (Å²) >= 11 is 0. The molecular weight excluding hydrogens is 651 g/mol. The summed E-state index contributed by atoms with van der Waals surface area (Å²) in [5.41, 5.74) is 0. The number of phosphoric ester groups is 1. The minimum atomic E-state index is -4.30. The zero-order valence-corrected chi connectivity index (χ0v) is 31.9. The number of ether oxygens (including phenoxy) is 2. The van der Waals surface area contributed by atoms with Crippen molar-refractivity contribution >= 4 is 19.8 Å². The number of carbonyl (C=O) groups excluding carboxylic acids is 2. The lowest BCUT2D eigenvalue weighted by Crippen LogP contribution is -2.29. The van der Waals surface area contributed by atoms with Crippen molar-refractivity contribution < 1.29 is 37.6 Å². The highest BCUT2D eigenvalue weighted by atomic mass is 31.2. The molecule has 0 radical (unpaired) electrons. The predicted octanol–water partition coefficient (Wildman–Crippen LogP) is 11.3. The lowest BCUT2D eigenvalue weighted by Gasteiger charge is -2.19. The van der Waals surface area contributed by atoms with E-state index < -0.39 is 32.5 Å². The number of carbonyl (C=O) groups is 2. The Morgan fingerprint density at radius 3 is 1.50 bits per heavy atom. The van der Waals surface area contributed by atoms with Crippen LogP contribution in [0, 0.1) is 0 Å². The number of hydrogen-bond acceptors (Lipinski definition) is 7. The van der Waals surface area contributed by atoms with Gasteiger partial charge in [-0.2, -0.15) is 0 Å². The largest absolute Gasteiger partial charge is 0.472 e.